The molecule has 154 valence electrons. The summed E-state index contributed by atoms with van der Waals surface area (Å²) >= 11 is 0. The number of ether oxygens (including phenoxy) is 1. The van der Waals surface area contributed by atoms with Crippen molar-refractivity contribution in [3.05, 3.63) is 0 Å². The molecule has 0 aromatic carbocycles. The van der Waals surface area contributed by atoms with Crippen molar-refractivity contribution in [2.75, 3.05) is 0 Å². The quantitative estimate of drug-likeness (QED) is 0.457. The first-order chi connectivity index (χ1) is 11.2. The lowest BCUT2D eigenvalue weighted by Gasteiger charge is -2.40. The Kier molecular flexibility index (Phi) is 5.25. The highest BCUT2D eigenvalue weighted by atomic mass is 19.4. The zero-order chi connectivity index (χ0) is 21.0. The lowest BCUT2D eigenvalue weighted by Crippen LogP contribution is -2.70. The van der Waals surface area contributed by atoms with Crippen LogP contribution in [0.3, 0.4) is 0 Å². The van der Waals surface area contributed by atoms with Crippen molar-refractivity contribution in [3.8, 4) is 0 Å². The second kappa shape index (κ2) is 6.04. The van der Waals surface area contributed by atoms with Crippen LogP contribution in [0, 0.1) is 0 Å². The Morgan fingerprint density at radius 2 is 1.15 bits per heavy atom. The molecule has 0 N–H and O–H groups in total. The standard InChI is InChI=1S/C11H7F13O2/c12-6(13,3-4-1-2-5(25)26-4)7(14,15)8(16,17)9(18,19)10(20,21)11(22,23)24/h4H,1-3H2. The Labute approximate surface area is 135 Å². The van der Waals surface area contributed by atoms with Gasteiger partial charge in [-0.25, -0.2) is 0 Å². The van der Waals surface area contributed by atoms with Crippen molar-refractivity contribution in [2.45, 2.75) is 61.2 Å². The number of carbonyl (C=O) groups excluding carboxylic acids is 1. The minimum Gasteiger partial charge on any atom is -0.462 e. The van der Waals surface area contributed by atoms with Gasteiger partial charge in [0.15, 0.2) is 0 Å². The van der Waals surface area contributed by atoms with E-state index < -0.39 is 67.1 Å². The first-order valence-electron chi connectivity index (χ1n) is 6.37. The van der Waals surface area contributed by atoms with Crippen molar-refractivity contribution >= 4 is 5.97 Å². The molecular weight excluding hydrogens is 411 g/mol. The van der Waals surface area contributed by atoms with E-state index in [4.69, 9.17) is 0 Å². The van der Waals surface area contributed by atoms with Crippen LogP contribution in [-0.2, 0) is 9.53 Å². The largest absolute Gasteiger partial charge is 0.462 e. The molecule has 1 fully saturated rings. The second-order valence-electron chi connectivity index (χ2n) is 5.35. The molecule has 1 heterocycles. The summed E-state index contributed by atoms with van der Waals surface area (Å²) in [6, 6.07) is 0. The second-order valence-corrected chi connectivity index (χ2v) is 5.35. The van der Waals surface area contributed by atoms with Gasteiger partial charge in [-0.15, -0.1) is 0 Å². The van der Waals surface area contributed by atoms with Gasteiger partial charge in [-0.2, -0.15) is 57.1 Å². The van der Waals surface area contributed by atoms with E-state index in [9.17, 15) is 61.9 Å². The Bertz CT molecular complexity index is 551. The van der Waals surface area contributed by atoms with Gasteiger partial charge in [0.05, 0.1) is 6.42 Å². The van der Waals surface area contributed by atoms with Crippen LogP contribution >= 0.6 is 0 Å². The van der Waals surface area contributed by atoms with E-state index in [-0.39, 0.29) is 0 Å². The molecule has 0 amide bonds. The molecule has 0 aromatic rings. The van der Waals surface area contributed by atoms with E-state index in [0.29, 0.717) is 0 Å². The average Bonchev–Trinajstić information content (AvgIpc) is 2.81. The summed E-state index contributed by atoms with van der Waals surface area (Å²) in [6.07, 6.45) is -13.4. The maximum Gasteiger partial charge on any atom is 0.460 e. The SMILES string of the molecule is O=C1CCC(CC(F)(F)C(F)(F)C(F)(F)C(F)(F)C(F)(F)C(F)(F)F)O1. The summed E-state index contributed by atoms with van der Waals surface area (Å²) in [5.41, 5.74) is 0. The molecule has 0 radical (unpaired) electrons. The number of cyclic esters (lactones) is 1. The van der Waals surface area contributed by atoms with Gasteiger partial charge in [-0.3, -0.25) is 4.79 Å². The topological polar surface area (TPSA) is 26.3 Å². The normalized spacial score (nSPS) is 21.1. The van der Waals surface area contributed by atoms with Gasteiger partial charge < -0.3 is 4.74 Å². The lowest BCUT2D eigenvalue weighted by atomic mass is 9.91. The molecule has 1 atom stereocenters. The molecule has 1 rings (SSSR count). The van der Waals surface area contributed by atoms with Gasteiger partial charge in [0.25, 0.3) is 0 Å². The summed E-state index contributed by atoms with van der Waals surface area (Å²) in [7, 11) is 0. The minimum absolute atomic E-state index is 0.606. The van der Waals surface area contributed by atoms with E-state index in [2.05, 4.69) is 4.74 Å². The van der Waals surface area contributed by atoms with Crippen LogP contribution in [0.4, 0.5) is 57.1 Å². The van der Waals surface area contributed by atoms with Gasteiger partial charge >= 0.3 is 41.8 Å². The molecule has 0 saturated carbocycles. The molecule has 15 heteroatoms. The zero-order valence-electron chi connectivity index (χ0n) is 11.9. The van der Waals surface area contributed by atoms with Crippen LogP contribution < -0.4 is 0 Å². The Hall–Kier alpha value is -1.44. The molecule has 26 heavy (non-hydrogen) atoms. The molecule has 0 bridgehead atoms. The smallest absolute Gasteiger partial charge is 0.460 e. The summed E-state index contributed by atoms with van der Waals surface area (Å²) in [5.74, 6) is -38.2. The van der Waals surface area contributed by atoms with Crippen LogP contribution in [0.2, 0.25) is 0 Å². The van der Waals surface area contributed by atoms with Crippen molar-refractivity contribution in [3.63, 3.8) is 0 Å². The third-order valence-corrected chi connectivity index (χ3v) is 3.45. The number of carbonyl (C=O) groups is 1. The van der Waals surface area contributed by atoms with E-state index in [1.54, 1.807) is 0 Å². The molecular formula is C11H7F13O2. The highest BCUT2D eigenvalue weighted by Crippen LogP contribution is 2.60. The predicted molar refractivity (Wildman–Crippen MR) is 54.5 cm³/mol. The average molecular weight is 418 g/mol. The first-order valence-corrected chi connectivity index (χ1v) is 6.37. The van der Waals surface area contributed by atoms with E-state index in [1.165, 1.54) is 0 Å². The van der Waals surface area contributed by atoms with Crippen LogP contribution in [0.5, 0.6) is 0 Å². The highest BCUT2D eigenvalue weighted by molar-refractivity contribution is 5.71. The number of esters is 1. The lowest BCUT2D eigenvalue weighted by molar-refractivity contribution is -0.440. The monoisotopic (exact) mass is 418 g/mol. The molecule has 0 aliphatic carbocycles. The number of halogens is 13. The Morgan fingerprint density at radius 1 is 0.731 bits per heavy atom. The fourth-order valence-corrected chi connectivity index (χ4v) is 1.94. The molecule has 1 aliphatic rings. The molecule has 1 saturated heterocycles. The van der Waals surface area contributed by atoms with Crippen LogP contribution in [-0.4, -0.2) is 47.9 Å². The summed E-state index contributed by atoms with van der Waals surface area (Å²) in [4.78, 5) is 10.6. The van der Waals surface area contributed by atoms with Crippen LogP contribution in [0.15, 0.2) is 0 Å². The molecule has 0 aromatic heterocycles. The first kappa shape index (κ1) is 22.6. The van der Waals surface area contributed by atoms with E-state index >= 15 is 0 Å². The van der Waals surface area contributed by atoms with Gasteiger partial charge in [0.2, 0.25) is 0 Å². The van der Waals surface area contributed by atoms with E-state index in [0.717, 1.165) is 0 Å². The minimum atomic E-state index is -7.92. The highest BCUT2D eigenvalue weighted by Gasteiger charge is 2.90. The molecule has 1 unspecified atom stereocenters. The van der Waals surface area contributed by atoms with Crippen LogP contribution in [0.25, 0.3) is 0 Å². The van der Waals surface area contributed by atoms with Gasteiger partial charge in [-0.1, -0.05) is 0 Å². The van der Waals surface area contributed by atoms with Crippen molar-refractivity contribution in [1.29, 1.82) is 0 Å². The van der Waals surface area contributed by atoms with Crippen molar-refractivity contribution in [2.24, 2.45) is 0 Å². The number of alkyl halides is 13. The maximum absolute atomic E-state index is 13.4. The number of hydrogen-bond donors (Lipinski definition) is 0. The van der Waals surface area contributed by atoms with Gasteiger partial charge in [0.1, 0.15) is 6.10 Å². The molecule has 1 aliphatic heterocycles. The predicted octanol–water partition coefficient (Wildman–Crippen LogP) is 4.82. The van der Waals surface area contributed by atoms with Crippen LogP contribution in [0.1, 0.15) is 19.3 Å². The van der Waals surface area contributed by atoms with Gasteiger partial charge in [0, 0.05) is 6.42 Å². The fourth-order valence-electron chi connectivity index (χ4n) is 1.94. The maximum atomic E-state index is 13.4. The fraction of sp³-hybridized carbons (Fsp3) is 0.909. The Morgan fingerprint density at radius 3 is 1.50 bits per heavy atom. The van der Waals surface area contributed by atoms with Gasteiger partial charge in [-0.05, 0) is 6.42 Å². The number of hydrogen-bond acceptors (Lipinski definition) is 2. The third-order valence-electron chi connectivity index (χ3n) is 3.45. The van der Waals surface area contributed by atoms with E-state index in [1.807, 2.05) is 0 Å². The molecule has 2 nitrogen and oxygen atoms in total. The Balaban J connectivity index is 3.27. The third kappa shape index (κ3) is 3.17. The number of rotatable bonds is 6. The van der Waals surface area contributed by atoms with Crippen molar-refractivity contribution in [1.82, 2.24) is 0 Å². The summed E-state index contributed by atoms with van der Waals surface area (Å²) in [6.45, 7) is 0. The van der Waals surface area contributed by atoms with Crippen molar-refractivity contribution < 1.29 is 66.6 Å². The summed E-state index contributed by atoms with van der Waals surface area (Å²) < 4.78 is 170. The zero-order valence-corrected chi connectivity index (χ0v) is 11.9. The summed E-state index contributed by atoms with van der Waals surface area (Å²) in [5, 5.41) is 0. The molecule has 0 spiro atoms.